The van der Waals surface area contributed by atoms with Crippen LogP contribution in [0.3, 0.4) is 0 Å². The first-order valence-electron chi connectivity index (χ1n) is 19.4. The number of benzene rings is 7. The maximum absolute atomic E-state index is 5.41. The van der Waals surface area contributed by atoms with Crippen LogP contribution in [0.4, 0.5) is 0 Å². The van der Waals surface area contributed by atoms with Gasteiger partial charge in [-0.25, -0.2) is 9.97 Å². The zero-order chi connectivity index (χ0) is 36.8. The molecule has 2 heterocycles. The fourth-order valence-electron chi connectivity index (χ4n) is 9.80. The summed E-state index contributed by atoms with van der Waals surface area (Å²) in [6, 6.07) is 60.3. The zero-order valence-electron chi connectivity index (χ0n) is 30.5. The Bertz CT molecular complexity index is 3090. The largest absolute Gasteiger partial charge is 0.232 e. The van der Waals surface area contributed by atoms with Crippen LogP contribution >= 0.6 is 11.3 Å². The van der Waals surface area contributed by atoms with Gasteiger partial charge in [0.15, 0.2) is 5.82 Å². The Kier molecular flexibility index (Phi) is 6.87. The second-order valence-electron chi connectivity index (χ2n) is 15.1. The van der Waals surface area contributed by atoms with Crippen LogP contribution in [-0.2, 0) is 5.41 Å². The van der Waals surface area contributed by atoms with Crippen molar-refractivity contribution in [2.24, 2.45) is 0 Å². The summed E-state index contributed by atoms with van der Waals surface area (Å²) < 4.78 is 1.34. The van der Waals surface area contributed by atoms with E-state index in [2.05, 4.69) is 188 Å². The molecule has 12 rings (SSSR count). The Balaban J connectivity index is 1.10. The summed E-state index contributed by atoms with van der Waals surface area (Å²) in [5.74, 6) is 0.939. The predicted molar refractivity (Wildman–Crippen MR) is 233 cm³/mol. The van der Waals surface area contributed by atoms with Crippen molar-refractivity contribution in [3.05, 3.63) is 215 Å². The summed E-state index contributed by atoms with van der Waals surface area (Å²) in [5, 5.41) is 3.68. The third-order valence-corrected chi connectivity index (χ3v) is 13.5. The van der Waals surface area contributed by atoms with E-state index in [1.165, 1.54) is 64.9 Å². The van der Waals surface area contributed by atoms with Crippen molar-refractivity contribution in [3.63, 3.8) is 0 Å². The number of rotatable bonds is 4. The lowest BCUT2D eigenvalue weighted by molar-refractivity contribution is 0.811. The Hall–Kier alpha value is -6.68. The Morgan fingerprint density at radius 2 is 1.20 bits per heavy atom. The third kappa shape index (κ3) is 4.43. The summed E-state index contributed by atoms with van der Waals surface area (Å²) in [6.07, 6.45) is 9.69. The molecule has 0 bridgehead atoms. The van der Waals surface area contributed by atoms with Crippen molar-refractivity contribution in [1.82, 2.24) is 9.97 Å². The lowest BCUT2D eigenvalue weighted by Crippen LogP contribution is -2.24. The molecule has 3 aliphatic rings. The first-order chi connectivity index (χ1) is 27.8. The Morgan fingerprint density at radius 1 is 0.518 bits per heavy atom. The number of nitrogens with zero attached hydrogens (tertiary/aromatic N) is 2. The first kappa shape index (κ1) is 31.6. The lowest BCUT2D eigenvalue weighted by Gasteiger charge is -2.29. The minimum absolute atomic E-state index is 0.179. The zero-order valence-corrected chi connectivity index (χ0v) is 31.3. The van der Waals surface area contributed by atoms with Crippen LogP contribution in [0.5, 0.6) is 0 Å². The summed E-state index contributed by atoms with van der Waals surface area (Å²) in [5.41, 5.74) is 15.5. The third-order valence-electron chi connectivity index (χ3n) is 12.2. The van der Waals surface area contributed by atoms with Crippen molar-refractivity contribution < 1.29 is 0 Å². The average molecular weight is 731 g/mol. The van der Waals surface area contributed by atoms with E-state index in [-0.39, 0.29) is 5.92 Å². The van der Waals surface area contributed by atoms with Gasteiger partial charge in [-0.05, 0) is 79.9 Å². The molecule has 3 aliphatic carbocycles. The fourth-order valence-corrected chi connectivity index (χ4v) is 11.3. The van der Waals surface area contributed by atoms with E-state index in [0.717, 1.165) is 45.7 Å². The van der Waals surface area contributed by atoms with Crippen molar-refractivity contribution in [2.75, 3.05) is 0 Å². The molecule has 0 aliphatic heterocycles. The molecule has 262 valence electrons. The van der Waals surface area contributed by atoms with E-state index in [9.17, 15) is 0 Å². The molecule has 56 heavy (non-hydrogen) atoms. The highest BCUT2D eigenvalue weighted by atomic mass is 32.1. The summed E-state index contributed by atoms with van der Waals surface area (Å²) in [7, 11) is 0. The maximum atomic E-state index is 5.41. The molecule has 0 fully saturated rings. The van der Waals surface area contributed by atoms with Crippen LogP contribution in [0.2, 0.25) is 0 Å². The molecule has 3 heteroatoms. The van der Waals surface area contributed by atoms with Gasteiger partial charge in [0.1, 0.15) is 0 Å². The molecular formula is C53H34N2S. The fraction of sp³-hybridized carbons (Fsp3) is 0.0566. The topological polar surface area (TPSA) is 25.8 Å². The van der Waals surface area contributed by atoms with E-state index < -0.39 is 5.41 Å². The van der Waals surface area contributed by atoms with E-state index in [4.69, 9.17) is 9.97 Å². The Labute approximate surface area is 329 Å². The van der Waals surface area contributed by atoms with Crippen LogP contribution in [0.15, 0.2) is 188 Å². The van der Waals surface area contributed by atoms with Crippen LogP contribution in [0.1, 0.15) is 39.6 Å². The molecule has 1 atom stereocenters. The molecule has 0 radical (unpaired) electrons. The monoisotopic (exact) mass is 730 g/mol. The molecule has 2 aromatic heterocycles. The summed E-state index contributed by atoms with van der Waals surface area (Å²) in [6.45, 7) is 0. The molecule has 9 aromatic rings. The van der Waals surface area contributed by atoms with E-state index in [1.54, 1.807) is 0 Å². The molecule has 1 spiro atoms. The number of hydrogen-bond acceptors (Lipinski definition) is 3. The average Bonchev–Trinajstić information content (AvgIpc) is 3.90. The molecule has 0 saturated heterocycles. The second kappa shape index (κ2) is 12.2. The quantitative estimate of drug-likeness (QED) is 0.180. The predicted octanol–water partition coefficient (Wildman–Crippen LogP) is 13.8. The van der Waals surface area contributed by atoms with Crippen LogP contribution in [0.25, 0.3) is 76.9 Å². The van der Waals surface area contributed by atoms with Gasteiger partial charge in [0.25, 0.3) is 0 Å². The molecule has 7 aromatic carbocycles. The van der Waals surface area contributed by atoms with Gasteiger partial charge in [-0.1, -0.05) is 170 Å². The van der Waals surface area contributed by atoms with Crippen molar-refractivity contribution in [2.45, 2.75) is 17.8 Å². The van der Waals surface area contributed by atoms with Crippen LogP contribution in [-0.4, -0.2) is 9.97 Å². The summed E-state index contributed by atoms with van der Waals surface area (Å²) >= 11 is 1.96. The lowest BCUT2D eigenvalue weighted by atomic mass is 9.73. The molecule has 0 saturated carbocycles. The molecule has 0 amide bonds. The highest BCUT2D eigenvalue weighted by molar-refractivity contribution is 7.20. The van der Waals surface area contributed by atoms with E-state index in [1.807, 2.05) is 11.3 Å². The number of fused-ring (bicyclic) bond motifs is 13. The number of thiophene rings is 1. The number of aromatic nitrogens is 2. The highest BCUT2D eigenvalue weighted by Crippen LogP contribution is 2.66. The maximum Gasteiger partial charge on any atom is 0.160 e. The normalized spacial score (nSPS) is 15.6. The first-order valence-corrected chi connectivity index (χ1v) is 20.3. The Morgan fingerprint density at radius 3 is 2.00 bits per heavy atom. The van der Waals surface area contributed by atoms with Gasteiger partial charge in [0.2, 0.25) is 0 Å². The van der Waals surface area contributed by atoms with Gasteiger partial charge in [0, 0.05) is 37.6 Å². The SMILES string of the molecule is C1=CCC(c2cc(-c3ccccc3-c3ccc4c(c3)C3(c5ccccc5-c5ccccc53)c3sc5ccccc5c3-4)nc(-c3cccc4ccccc34)n2)C=C1. The van der Waals surface area contributed by atoms with Crippen molar-refractivity contribution in [1.29, 1.82) is 0 Å². The van der Waals surface area contributed by atoms with E-state index >= 15 is 0 Å². The molecule has 2 nitrogen and oxygen atoms in total. The van der Waals surface area contributed by atoms with Crippen LogP contribution in [0, 0.1) is 0 Å². The van der Waals surface area contributed by atoms with Gasteiger partial charge in [-0.2, -0.15) is 0 Å². The number of hydrogen-bond donors (Lipinski definition) is 0. The van der Waals surface area contributed by atoms with E-state index in [0.29, 0.717) is 0 Å². The van der Waals surface area contributed by atoms with Crippen LogP contribution < -0.4 is 0 Å². The summed E-state index contributed by atoms with van der Waals surface area (Å²) in [4.78, 5) is 12.1. The standard InChI is InChI=1S/C53H34N2S/c1-2-16-34(17-3-1)47-32-48(55-52(54-47)41-25-14-18-33-15-4-5-19-36(33)41)40-23-7-6-20-37(40)35-29-30-42-46(31-35)53(51-50(42)43-24-10-13-28-49(43)56-51)44-26-11-8-21-38(44)39-22-9-12-27-45(39)53/h1-16,18-32,34H,17H2. The van der Waals surface area contributed by atoms with Gasteiger partial charge >= 0.3 is 0 Å². The minimum Gasteiger partial charge on any atom is -0.232 e. The smallest absolute Gasteiger partial charge is 0.160 e. The highest BCUT2D eigenvalue weighted by Gasteiger charge is 2.53. The molecule has 0 N–H and O–H groups in total. The van der Waals surface area contributed by atoms with Gasteiger partial charge in [0.05, 0.1) is 16.8 Å². The van der Waals surface area contributed by atoms with Crippen molar-refractivity contribution >= 4 is 32.2 Å². The second-order valence-corrected chi connectivity index (χ2v) is 16.2. The molecular weight excluding hydrogens is 697 g/mol. The number of allylic oxidation sites excluding steroid dienone is 4. The molecule has 1 unspecified atom stereocenters. The minimum atomic E-state index is -0.406. The van der Waals surface area contributed by atoms with Gasteiger partial charge < -0.3 is 0 Å². The van der Waals surface area contributed by atoms with Gasteiger partial charge in [-0.15, -0.1) is 11.3 Å². The van der Waals surface area contributed by atoms with Crippen molar-refractivity contribution in [3.8, 4) is 56.0 Å². The van der Waals surface area contributed by atoms with Gasteiger partial charge in [-0.3, -0.25) is 0 Å².